The Balaban J connectivity index is 1.98. The summed E-state index contributed by atoms with van der Waals surface area (Å²) in [6.45, 7) is 4.23. The van der Waals surface area contributed by atoms with E-state index in [1.807, 2.05) is 43.3 Å². The maximum absolute atomic E-state index is 9.35. The highest BCUT2D eigenvalue weighted by Crippen LogP contribution is 2.17. The van der Waals surface area contributed by atoms with Crippen molar-refractivity contribution in [2.45, 2.75) is 33.0 Å². The van der Waals surface area contributed by atoms with Gasteiger partial charge in [-0.05, 0) is 61.2 Å². The predicted octanol–water partition coefficient (Wildman–Crippen LogP) is 3.37. The summed E-state index contributed by atoms with van der Waals surface area (Å²) in [4.78, 5) is 0. The first-order valence-electron chi connectivity index (χ1n) is 6.98. The molecular weight excluding hydrogens is 262 g/mol. The van der Waals surface area contributed by atoms with E-state index in [9.17, 15) is 5.11 Å². The molecule has 2 rings (SSSR count). The Labute approximate surface area is 125 Å². The number of benzene rings is 2. The van der Waals surface area contributed by atoms with Gasteiger partial charge in [-0.3, -0.25) is 0 Å². The van der Waals surface area contributed by atoms with Gasteiger partial charge in [0.15, 0.2) is 0 Å². The van der Waals surface area contributed by atoms with Crippen LogP contribution in [-0.2, 0) is 13.0 Å². The van der Waals surface area contributed by atoms with Crippen LogP contribution in [0.4, 0.5) is 0 Å². The molecule has 0 aliphatic carbocycles. The highest BCUT2D eigenvalue weighted by Gasteiger charge is 2.03. The van der Waals surface area contributed by atoms with E-state index in [1.165, 1.54) is 0 Å². The molecular formula is C18H19NO2. The minimum Gasteiger partial charge on any atom is -0.489 e. The van der Waals surface area contributed by atoms with Crippen molar-refractivity contribution in [1.82, 2.24) is 0 Å². The second-order valence-corrected chi connectivity index (χ2v) is 5.24. The van der Waals surface area contributed by atoms with E-state index in [4.69, 9.17) is 10.00 Å². The maximum Gasteiger partial charge on any atom is 0.119 e. The van der Waals surface area contributed by atoms with Crippen molar-refractivity contribution in [3.8, 4) is 11.8 Å². The molecule has 0 aliphatic heterocycles. The van der Waals surface area contributed by atoms with Crippen LogP contribution in [0.1, 0.15) is 29.2 Å². The molecule has 0 amide bonds. The lowest BCUT2D eigenvalue weighted by Gasteiger charge is -2.10. The molecule has 1 atom stereocenters. The maximum atomic E-state index is 9.35. The average Bonchev–Trinajstić information content (AvgIpc) is 2.47. The van der Waals surface area contributed by atoms with Gasteiger partial charge in [-0.2, -0.15) is 5.26 Å². The molecule has 0 aliphatic rings. The zero-order valence-corrected chi connectivity index (χ0v) is 12.3. The highest BCUT2D eigenvalue weighted by molar-refractivity contribution is 5.37. The fourth-order valence-electron chi connectivity index (χ4n) is 2.15. The Morgan fingerprint density at radius 2 is 1.90 bits per heavy atom. The number of aliphatic hydroxyl groups is 1. The van der Waals surface area contributed by atoms with Gasteiger partial charge in [0.1, 0.15) is 12.4 Å². The molecule has 3 heteroatoms. The Morgan fingerprint density at radius 3 is 2.48 bits per heavy atom. The van der Waals surface area contributed by atoms with Gasteiger partial charge in [0.2, 0.25) is 0 Å². The first kappa shape index (κ1) is 15.1. The third kappa shape index (κ3) is 4.34. The third-order valence-corrected chi connectivity index (χ3v) is 3.32. The molecule has 21 heavy (non-hydrogen) atoms. The third-order valence-electron chi connectivity index (χ3n) is 3.32. The summed E-state index contributed by atoms with van der Waals surface area (Å²) in [5.74, 6) is 0.799. The van der Waals surface area contributed by atoms with Gasteiger partial charge in [-0.1, -0.05) is 18.2 Å². The van der Waals surface area contributed by atoms with Gasteiger partial charge in [-0.15, -0.1) is 0 Å². The van der Waals surface area contributed by atoms with Gasteiger partial charge >= 0.3 is 0 Å². The topological polar surface area (TPSA) is 53.2 Å². The number of aryl methyl sites for hydroxylation is 1. The van der Waals surface area contributed by atoms with Gasteiger partial charge in [0.05, 0.1) is 17.7 Å². The Kier molecular flexibility index (Phi) is 4.97. The molecule has 0 aromatic heterocycles. The van der Waals surface area contributed by atoms with Crippen LogP contribution in [0.5, 0.6) is 5.75 Å². The van der Waals surface area contributed by atoms with Crippen LogP contribution in [0.15, 0.2) is 42.5 Å². The summed E-state index contributed by atoms with van der Waals surface area (Å²) < 4.78 is 5.76. The van der Waals surface area contributed by atoms with Crippen molar-refractivity contribution in [2.75, 3.05) is 0 Å². The van der Waals surface area contributed by atoms with Crippen LogP contribution in [0.25, 0.3) is 0 Å². The van der Waals surface area contributed by atoms with E-state index in [2.05, 4.69) is 6.07 Å². The van der Waals surface area contributed by atoms with Gasteiger partial charge in [0, 0.05) is 0 Å². The van der Waals surface area contributed by atoms with E-state index >= 15 is 0 Å². The van der Waals surface area contributed by atoms with Crippen molar-refractivity contribution < 1.29 is 9.84 Å². The molecule has 3 nitrogen and oxygen atoms in total. The molecule has 1 unspecified atom stereocenters. The highest BCUT2D eigenvalue weighted by atomic mass is 16.5. The molecule has 0 saturated carbocycles. The summed E-state index contributed by atoms with van der Waals surface area (Å²) >= 11 is 0. The number of nitrogens with zero attached hydrogens (tertiary/aromatic N) is 1. The van der Waals surface area contributed by atoms with Crippen molar-refractivity contribution in [3.05, 3.63) is 64.7 Å². The quantitative estimate of drug-likeness (QED) is 0.914. The number of hydrogen-bond acceptors (Lipinski definition) is 3. The second kappa shape index (κ2) is 6.92. The minimum atomic E-state index is -0.335. The summed E-state index contributed by atoms with van der Waals surface area (Å²) in [5.41, 5.74) is 3.88. The fraction of sp³-hybridized carbons (Fsp3) is 0.278. The fourth-order valence-corrected chi connectivity index (χ4v) is 2.15. The van der Waals surface area contributed by atoms with Gasteiger partial charge in [0.25, 0.3) is 0 Å². The van der Waals surface area contributed by atoms with Crippen molar-refractivity contribution in [3.63, 3.8) is 0 Å². The van der Waals surface area contributed by atoms with Crippen LogP contribution < -0.4 is 4.74 Å². The molecule has 0 saturated heterocycles. The minimum absolute atomic E-state index is 0.335. The number of nitriles is 1. The van der Waals surface area contributed by atoms with Crippen molar-refractivity contribution in [1.29, 1.82) is 5.26 Å². The second-order valence-electron chi connectivity index (χ2n) is 5.24. The first-order valence-corrected chi connectivity index (χ1v) is 6.98. The SMILES string of the molecule is Cc1cc(C#N)ccc1COc1ccc(CC(C)O)cc1. The molecule has 1 N–H and O–H groups in total. The summed E-state index contributed by atoms with van der Waals surface area (Å²) in [7, 11) is 0. The van der Waals surface area contributed by atoms with Crippen LogP contribution in [0, 0.1) is 18.3 Å². The molecule has 0 spiro atoms. The van der Waals surface area contributed by atoms with Crippen LogP contribution >= 0.6 is 0 Å². The van der Waals surface area contributed by atoms with E-state index in [1.54, 1.807) is 13.0 Å². The van der Waals surface area contributed by atoms with Gasteiger partial charge in [-0.25, -0.2) is 0 Å². The van der Waals surface area contributed by atoms with Gasteiger partial charge < -0.3 is 9.84 Å². The predicted molar refractivity (Wildman–Crippen MR) is 82.1 cm³/mol. The Hall–Kier alpha value is -2.31. The van der Waals surface area contributed by atoms with Crippen LogP contribution in [-0.4, -0.2) is 11.2 Å². The zero-order valence-electron chi connectivity index (χ0n) is 12.3. The largest absolute Gasteiger partial charge is 0.489 e. The molecule has 0 radical (unpaired) electrons. The van der Waals surface area contributed by atoms with Crippen molar-refractivity contribution >= 4 is 0 Å². The Bertz CT molecular complexity index is 639. The Morgan fingerprint density at radius 1 is 1.19 bits per heavy atom. The van der Waals surface area contributed by atoms with E-state index in [-0.39, 0.29) is 6.10 Å². The number of rotatable bonds is 5. The number of hydrogen-bond donors (Lipinski definition) is 1. The standard InChI is InChI=1S/C18H19NO2/c1-13-9-16(11-19)3-6-17(13)12-21-18-7-4-15(5-8-18)10-14(2)20/h3-9,14,20H,10,12H2,1-2H3. The monoisotopic (exact) mass is 281 g/mol. The smallest absolute Gasteiger partial charge is 0.119 e. The molecule has 108 valence electrons. The van der Waals surface area contributed by atoms with Crippen LogP contribution in [0.2, 0.25) is 0 Å². The zero-order chi connectivity index (χ0) is 15.2. The lowest BCUT2D eigenvalue weighted by atomic mass is 10.1. The molecule has 2 aromatic rings. The molecule has 0 heterocycles. The number of aliphatic hydroxyl groups excluding tert-OH is 1. The van der Waals surface area contributed by atoms with E-state index < -0.39 is 0 Å². The normalized spacial score (nSPS) is 11.7. The summed E-state index contributed by atoms with van der Waals surface area (Å²) in [6.07, 6.45) is 0.313. The molecule has 2 aromatic carbocycles. The number of ether oxygens (including phenoxy) is 1. The average molecular weight is 281 g/mol. The molecule has 0 fully saturated rings. The lowest BCUT2D eigenvalue weighted by Crippen LogP contribution is -2.04. The van der Waals surface area contributed by atoms with Crippen molar-refractivity contribution in [2.24, 2.45) is 0 Å². The van der Waals surface area contributed by atoms with E-state index in [0.29, 0.717) is 18.6 Å². The van der Waals surface area contributed by atoms with Crippen LogP contribution in [0.3, 0.4) is 0 Å². The van der Waals surface area contributed by atoms with E-state index in [0.717, 1.165) is 22.4 Å². The first-order chi connectivity index (χ1) is 10.1. The summed E-state index contributed by atoms with van der Waals surface area (Å²) in [5, 5.41) is 18.2. The lowest BCUT2D eigenvalue weighted by molar-refractivity contribution is 0.195. The molecule has 0 bridgehead atoms. The summed E-state index contributed by atoms with van der Waals surface area (Å²) in [6, 6.07) is 15.5.